The van der Waals surface area contributed by atoms with E-state index < -0.39 is 0 Å². The molecule has 0 unspecified atom stereocenters. The van der Waals surface area contributed by atoms with E-state index in [2.05, 4.69) is 197 Å². The van der Waals surface area contributed by atoms with E-state index in [9.17, 15) is 0 Å². The van der Waals surface area contributed by atoms with Crippen molar-refractivity contribution in [2.45, 2.75) is 33.1 Å². The summed E-state index contributed by atoms with van der Waals surface area (Å²) in [5, 5.41) is 7.77. The number of thiophene rings is 1. The Morgan fingerprint density at radius 2 is 1.30 bits per heavy atom. The van der Waals surface area contributed by atoms with Crippen LogP contribution in [0.1, 0.15) is 49.9 Å². The van der Waals surface area contributed by atoms with Crippen molar-refractivity contribution >= 4 is 81.1 Å². The Labute approximate surface area is 337 Å². The van der Waals surface area contributed by atoms with Crippen LogP contribution in [-0.2, 0) is 5.41 Å². The highest BCUT2D eigenvalue weighted by atomic mass is 32.1. The highest BCUT2D eigenvalue weighted by molar-refractivity contribution is 7.26. The fourth-order valence-corrected chi connectivity index (χ4v) is 9.87. The van der Waals surface area contributed by atoms with E-state index in [4.69, 9.17) is 4.99 Å². The lowest BCUT2D eigenvalue weighted by Gasteiger charge is -2.25. The highest BCUT2D eigenvalue weighted by Crippen LogP contribution is 2.45. The maximum absolute atomic E-state index is 5.08. The molecule has 0 radical (unpaired) electrons. The third kappa shape index (κ3) is 5.89. The Balaban J connectivity index is 1.08. The summed E-state index contributed by atoms with van der Waals surface area (Å²) in [6.07, 6.45) is 0. The lowest BCUT2D eigenvalue weighted by molar-refractivity contribution is 0.592. The van der Waals surface area contributed by atoms with Gasteiger partial charge in [-0.3, -0.25) is 4.99 Å². The van der Waals surface area contributed by atoms with E-state index in [1.165, 1.54) is 69.4 Å². The van der Waals surface area contributed by atoms with Crippen LogP contribution >= 0.6 is 11.3 Å². The van der Waals surface area contributed by atoms with Gasteiger partial charge in [-0.15, -0.1) is 11.3 Å². The molecule has 0 saturated heterocycles. The molecule has 2 heterocycles. The molecule has 2 nitrogen and oxygen atoms in total. The smallest absolute Gasteiger partial charge is 0.0711 e. The lowest BCUT2D eigenvalue weighted by Crippen LogP contribution is -2.13. The van der Waals surface area contributed by atoms with Gasteiger partial charge in [0.2, 0.25) is 0 Å². The molecule has 10 rings (SSSR count). The molecule has 57 heavy (non-hydrogen) atoms. The van der Waals surface area contributed by atoms with Crippen LogP contribution in [0.2, 0.25) is 0 Å². The van der Waals surface area contributed by atoms with Crippen LogP contribution in [0.15, 0.2) is 181 Å². The number of hydrogen-bond acceptors (Lipinski definition) is 2. The van der Waals surface area contributed by atoms with E-state index in [0.717, 1.165) is 39.3 Å². The van der Waals surface area contributed by atoms with E-state index in [1.54, 1.807) is 0 Å². The van der Waals surface area contributed by atoms with Crippen molar-refractivity contribution in [3.8, 4) is 16.8 Å². The predicted octanol–water partition coefficient (Wildman–Crippen LogP) is 15.5. The van der Waals surface area contributed by atoms with Crippen LogP contribution in [0.25, 0.3) is 75.1 Å². The van der Waals surface area contributed by atoms with Gasteiger partial charge >= 0.3 is 0 Å². The van der Waals surface area contributed by atoms with Crippen molar-refractivity contribution in [2.75, 3.05) is 0 Å². The van der Waals surface area contributed by atoms with Crippen molar-refractivity contribution < 1.29 is 0 Å². The van der Waals surface area contributed by atoms with Gasteiger partial charge < -0.3 is 4.57 Å². The van der Waals surface area contributed by atoms with Crippen molar-refractivity contribution in [1.29, 1.82) is 0 Å². The molecule has 0 bridgehead atoms. The molecule has 10 aromatic rings. The number of nitrogens with zero attached hydrogens (tertiary/aromatic N) is 2. The van der Waals surface area contributed by atoms with E-state index in [-0.39, 0.29) is 5.41 Å². The lowest BCUT2D eigenvalue weighted by atomic mass is 9.80. The van der Waals surface area contributed by atoms with Crippen LogP contribution < -0.4 is 0 Å². The fourth-order valence-electron chi connectivity index (χ4n) is 8.61. The third-order valence-electron chi connectivity index (χ3n) is 11.5. The number of aromatic nitrogens is 1. The molecule has 0 atom stereocenters. The van der Waals surface area contributed by atoms with E-state index in [1.807, 2.05) is 23.5 Å². The second-order valence-electron chi connectivity index (χ2n) is 16.1. The highest BCUT2D eigenvalue weighted by Gasteiger charge is 2.22. The maximum atomic E-state index is 5.08. The Hall–Kier alpha value is -6.55. The SMILES string of the molecule is C=C(c1ccc(-c2ccc(-n3c4ccccc4c4ccc5ccc6c7ccccc7sc6c5c43)cc2)c(C(C)(C)C)c1)c1ccccc1N=C(C)c1ccccc1. The first-order chi connectivity index (χ1) is 27.7. The molecule has 0 spiro atoms. The average molecular weight is 751 g/mol. The molecule has 0 saturated carbocycles. The molecule has 0 aliphatic heterocycles. The summed E-state index contributed by atoms with van der Waals surface area (Å²) in [4.78, 5) is 5.08. The van der Waals surface area contributed by atoms with Crippen LogP contribution in [0.4, 0.5) is 5.69 Å². The summed E-state index contributed by atoms with van der Waals surface area (Å²) < 4.78 is 5.15. The summed E-state index contributed by atoms with van der Waals surface area (Å²) in [6.45, 7) is 13.6. The minimum atomic E-state index is -0.104. The van der Waals surface area contributed by atoms with Crippen molar-refractivity contribution in [3.05, 3.63) is 199 Å². The number of benzene rings is 8. The van der Waals surface area contributed by atoms with Crippen LogP contribution in [0, 0.1) is 0 Å². The normalized spacial score (nSPS) is 12.4. The number of para-hydroxylation sites is 2. The van der Waals surface area contributed by atoms with Gasteiger partial charge in [-0.1, -0.05) is 167 Å². The molecule has 274 valence electrons. The topological polar surface area (TPSA) is 17.3 Å². The monoisotopic (exact) mass is 750 g/mol. The molecule has 0 aliphatic carbocycles. The third-order valence-corrected chi connectivity index (χ3v) is 12.7. The first-order valence-electron chi connectivity index (χ1n) is 19.7. The van der Waals surface area contributed by atoms with Gasteiger partial charge in [0.25, 0.3) is 0 Å². The van der Waals surface area contributed by atoms with Gasteiger partial charge in [0, 0.05) is 53.3 Å². The van der Waals surface area contributed by atoms with Gasteiger partial charge in [0.15, 0.2) is 0 Å². The molecule has 0 N–H and O–H groups in total. The number of aliphatic imine (C=N–C) groups is 1. The summed E-state index contributed by atoms with van der Waals surface area (Å²) >= 11 is 1.90. The Bertz CT molecular complexity index is 3220. The quantitative estimate of drug-likeness (QED) is 0.151. The predicted molar refractivity (Wildman–Crippen MR) is 248 cm³/mol. The summed E-state index contributed by atoms with van der Waals surface area (Å²) in [6, 6.07) is 61.6. The van der Waals surface area contributed by atoms with E-state index >= 15 is 0 Å². The van der Waals surface area contributed by atoms with Gasteiger partial charge in [0.1, 0.15) is 0 Å². The number of hydrogen-bond donors (Lipinski definition) is 0. The van der Waals surface area contributed by atoms with Gasteiger partial charge in [0.05, 0.1) is 16.7 Å². The van der Waals surface area contributed by atoms with Crippen LogP contribution in [0.5, 0.6) is 0 Å². The second kappa shape index (κ2) is 13.6. The van der Waals surface area contributed by atoms with Crippen molar-refractivity contribution in [3.63, 3.8) is 0 Å². The summed E-state index contributed by atoms with van der Waals surface area (Å²) in [7, 11) is 0. The zero-order valence-corrected chi connectivity index (χ0v) is 33.5. The fraction of sp³-hybridized carbons (Fsp3) is 0.0926. The largest absolute Gasteiger partial charge is 0.309 e. The minimum absolute atomic E-state index is 0.104. The molecule has 3 heteroatoms. The number of rotatable bonds is 6. The molecular weight excluding hydrogens is 709 g/mol. The maximum Gasteiger partial charge on any atom is 0.0711 e. The van der Waals surface area contributed by atoms with Crippen LogP contribution in [-0.4, -0.2) is 10.3 Å². The van der Waals surface area contributed by atoms with Gasteiger partial charge in [-0.25, -0.2) is 0 Å². The van der Waals surface area contributed by atoms with Crippen LogP contribution in [0.3, 0.4) is 0 Å². The van der Waals surface area contributed by atoms with Gasteiger partial charge in [-0.2, -0.15) is 0 Å². The molecule has 0 amide bonds. The van der Waals surface area contributed by atoms with Gasteiger partial charge in [-0.05, 0) is 81.4 Å². The zero-order valence-electron chi connectivity index (χ0n) is 32.7. The van der Waals surface area contributed by atoms with Crippen molar-refractivity contribution in [1.82, 2.24) is 4.57 Å². The Kier molecular flexibility index (Phi) is 8.32. The minimum Gasteiger partial charge on any atom is -0.309 e. The Morgan fingerprint density at radius 3 is 2.09 bits per heavy atom. The first-order valence-corrected chi connectivity index (χ1v) is 20.5. The number of fused-ring (bicyclic) bond motifs is 9. The summed E-state index contributed by atoms with van der Waals surface area (Å²) in [5.41, 5.74) is 13.4. The average Bonchev–Trinajstić information content (AvgIpc) is 3.79. The van der Waals surface area contributed by atoms with Crippen molar-refractivity contribution in [2.24, 2.45) is 4.99 Å². The zero-order chi connectivity index (χ0) is 38.8. The first kappa shape index (κ1) is 34.9. The standard InChI is InChI=1S/C54H42N2S/c1-34(41-17-9-12-20-48(41)55-35(2)36-15-7-6-8-16-36)39-27-30-42(47(33-39)54(3,4)5)37-23-28-40(29-24-37)56-49-21-13-10-18-43(49)45-31-25-38-26-32-46-44-19-11-14-22-50(44)57-53(46)51(38)52(45)56/h6-33H,1H2,2-5H3. The Morgan fingerprint density at radius 1 is 0.614 bits per heavy atom. The van der Waals surface area contributed by atoms with E-state index in [0.29, 0.717) is 0 Å². The second-order valence-corrected chi connectivity index (χ2v) is 17.1. The molecule has 0 aliphatic rings. The molecule has 2 aromatic heterocycles. The summed E-state index contributed by atoms with van der Waals surface area (Å²) in [5.74, 6) is 0. The molecule has 0 fully saturated rings. The molecule has 8 aromatic carbocycles. The molecular formula is C54H42N2S.